The number of benzene rings is 2. The van der Waals surface area contributed by atoms with E-state index in [4.69, 9.17) is 0 Å². The Hall–Kier alpha value is -3.47. The Balaban J connectivity index is 1.46. The van der Waals surface area contributed by atoms with Gasteiger partial charge in [-0.25, -0.2) is 0 Å². The zero-order valence-electron chi connectivity index (χ0n) is 16.0. The highest BCUT2D eigenvalue weighted by Gasteiger charge is 2.11. The van der Waals surface area contributed by atoms with Crippen molar-refractivity contribution in [3.8, 4) is 11.3 Å². The number of carbonyl (C=O) groups is 1. The van der Waals surface area contributed by atoms with E-state index in [0.717, 1.165) is 34.3 Å². The van der Waals surface area contributed by atoms with E-state index >= 15 is 0 Å². The normalized spacial score (nSPS) is 10.9. The summed E-state index contributed by atoms with van der Waals surface area (Å²) in [4.78, 5) is 15.9. The Morgan fingerprint density at radius 2 is 1.96 bits per heavy atom. The minimum absolute atomic E-state index is 0.0834. The number of hydrogen-bond acceptors (Lipinski definition) is 3. The molecule has 2 aromatic carbocycles. The van der Waals surface area contributed by atoms with Crippen LogP contribution in [0.15, 0.2) is 60.9 Å². The number of aromatic amines is 1. The lowest BCUT2D eigenvalue weighted by molar-refractivity contribution is 0.0954. The van der Waals surface area contributed by atoms with Crippen molar-refractivity contribution in [1.29, 1.82) is 0 Å². The molecule has 2 aromatic heterocycles. The van der Waals surface area contributed by atoms with Gasteiger partial charge in [-0.15, -0.1) is 0 Å². The molecule has 140 valence electrons. The molecule has 5 nitrogen and oxygen atoms in total. The summed E-state index contributed by atoms with van der Waals surface area (Å²) in [6, 6.07) is 15.7. The number of nitrogens with zero attached hydrogens (tertiary/aromatic N) is 2. The minimum Gasteiger partial charge on any atom is -0.361 e. The van der Waals surface area contributed by atoms with Crippen LogP contribution < -0.4 is 5.32 Å². The largest absolute Gasteiger partial charge is 0.361 e. The SMILES string of the molecule is Cc1cnnc(-c2cccc(C(=O)NCCc3c[nH]c4ccccc34)c2)c1C. The van der Waals surface area contributed by atoms with Gasteiger partial charge in [-0.2, -0.15) is 10.2 Å². The molecule has 0 spiro atoms. The lowest BCUT2D eigenvalue weighted by Crippen LogP contribution is -2.25. The molecule has 4 rings (SSSR count). The van der Waals surface area contributed by atoms with Crippen LogP contribution in [0.3, 0.4) is 0 Å². The van der Waals surface area contributed by atoms with Crippen LogP contribution in [0.5, 0.6) is 0 Å². The lowest BCUT2D eigenvalue weighted by Gasteiger charge is -2.09. The van der Waals surface area contributed by atoms with E-state index in [9.17, 15) is 4.79 Å². The van der Waals surface area contributed by atoms with Gasteiger partial charge in [0.25, 0.3) is 5.91 Å². The Labute approximate surface area is 163 Å². The fraction of sp³-hybridized carbons (Fsp3) is 0.174. The predicted octanol–water partition coefficient (Wildman–Crippen LogP) is 4.21. The van der Waals surface area contributed by atoms with Crippen LogP contribution in [0.4, 0.5) is 0 Å². The number of rotatable bonds is 5. The van der Waals surface area contributed by atoms with Gasteiger partial charge in [0.2, 0.25) is 0 Å². The van der Waals surface area contributed by atoms with Crippen molar-refractivity contribution < 1.29 is 4.79 Å². The first kappa shape index (κ1) is 17.9. The van der Waals surface area contributed by atoms with Gasteiger partial charge in [0.1, 0.15) is 0 Å². The smallest absolute Gasteiger partial charge is 0.251 e. The van der Waals surface area contributed by atoms with Crippen LogP contribution in [-0.4, -0.2) is 27.6 Å². The van der Waals surface area contributed by atoms with Crippen LogP contribution in [0.1, 0.15) is 27.0 Å². The maximum absolute atomic E-state index is 12.6. The van der Waals surface area contributed by atoms with Crippen molar-refractivity contribution in [1.82, 2.24) is 20.5 Å². The Morgan fingerprint density at radius 1 is 1.11 bits per heavy atom. The van der Waals surface area contributed by atoms with Gasteiger partial charge in [0.15, 0.2) is 0 Å². The summed E-state index contributed by atoms with van der Waals surface area (Å²) >= 11 is 0. The summed E-state index contributed by atoms with van der Waals surface area (Å²) in [5, 5.41) is 12.5. The number of hydrogen-bond donors (Lipinski definition) is 2. The second-order valence-electron chi connectivity index (χ2n) is 6.95. The molecule has 0 radical (unpaired) electrons. The third-order valence-electron chi connectivity index (χ3n) is 5.11. The fourth-order valence-corrected chi connectivity index (χ4v) is 3.36. The molecule has 0 saturated carbocycles. The highest BCUT2D eigenvalue weighted by molar-refractivity contribution is 5.95. The molecule has 2 heterocycles. The topological polar surface area (TPSA) is 70.7 Å². The highest BCUT2D eigenvalue weighted by Crippen LogP contribution is 2.23. The van der Waals surface area contributed by atoms with Crippen molar-refractivity contribution in [2.75, 3.05) is 6.54 Å². The van der Waals surface area contributed by atoms with E-state index in [1.54, 1.807) is 6.20 Å². The first-order chi connectivity index (χ1) is 13.6. The molecule has 0 bridgehead atoms. The van der Waals surface area contributed by atoms with Gasteiger partial charge in [-0.3, -0.25) is 4.79 Å². The average molecular weight is 370 g/mol. The monoisotopic (exact) mass is 370 g/mol. The molecule has 0 aliphatic heterocycles. The third-order valence-corrected chi connectivity index (χ3v) is 5.11. The number of aryl methyl sites for hydroxylation is 1. The van der Waals surface area contributed by atoms with E-state index in [0.29, 0.717) is 12.1 Å². The van der Waals surface area contributed by atoms with Gasteiger partial charge in [-0.05, 0) is 55.2 Å². The van der Waals surface area contributed by atoms with Gasteiger partial charge in [0, 0.05) is 34.8 Å². The number of aromatic nitrogens is 3. The third kappa shape index (κ3) is 3.51. The summed E-state index contributed by atoms with van der Waals surface area (Å²) < 4.78 is 0. The standard InChI is InChI=1S/C23H22N4O/c1-15-13-26-27-22(16(15)2)17-6-5-7-18(12-17)23(28)24-11-10-19-14-25-21-9-4-3-8-20(19)21/h3-9,12-14,25H,10-11H2,1-2H3,(H,24,28). The number of amides is 1. The van der Waals surface area contributed by atoms with E-state index < -0.39 is 0 Å². The lowest BCUT2D eigenvalue weighted by atomic mass is 10.0. The Bertz CT molecular complexity index is 1150. The molecule has 0 aliphatic carbocycles. The first-order valence-electron chi connectivity index (χ1n) is 9.36. The van der Waals surface area contributed by atoms with Crippen LogP contribution in [0, 0.1) is 13.8 Å². The van der Waals surface area contributed by atoms with Crippen molar-refractivity contribution in [2.24, 2.45) is 0 Å². The Kier molecular flexibility index (Phi) is 4.89. The second-order valence-corrected chi connectivity index (χ2v) is 6.95. The number of nitrogens with one attached hydrogen (secondary N) is 2. The second kappa shape index (κ2) is 7.64. The van der Waals surface area contributed by atoms with Gasteiger partial charge >= 0.3 is 0 Å². The zero-order chi connectivity index (χ0) is 19.5. The molecule has 0 unspecified atom stereocenters. The number of para-hydroxylation sites is 1. The van der Waals surface area contributed by atoms with Crippen molar-refractivity contribution in [2.45, 2.75) is 20.3 Å². The van der Waals surface area contributed by atoms with E-state index in [1.165, 1.54) is 10.9 Å². The van der Waals surface area contributed by atoms with Crippen molar-refractivity contribution in [3.63, 3.8) is 0 Å². The predicted molar refractivity (Wildman–Crippen MR) is 111 cm³/mol. The summed E-state index contributed by atoms with van der Waals surface area (Å²) in [5.41, 5.74) is 6.82. The number of fused-ring (bicyclic) bond motifs is 1. The Morgan fingerprint density at radius 3 is 2.86 bits per heavy atom. The maximum Gasteiger partial charge on any atom is 0.251 e. The van der Waals surface area contributed by atoms with Crippen LogP contribution in [0.25, 0.3) is 22.2 Å². The molecule has 0 atom stereocenters. The van der Waals surface area contributed by atoms with Crippen molar-refractivity contribution in [3.05, 3.63) is 83.2 Å². The molecule has 0 saturated heterocycles. The van der Waals surface area contributed by atoms with Crippen LogP contribution in [-0.2, 0) is 6.42 Å². The summed E-state index contributed by atoms with van der Waals surface area (Å²) in [7, 11) is 0. The number of carbonyl (C=O) groups excluding carboxylic acids is 1. The molecule has 28 heavy (non-hydrogen) atoms. The molecular formula is C23H22N4O. The molecule has 4 aromatic rings. The molecule has 2 N–H and O–H groups in total. The summed E-state index contributed by atoms with van der Waals surface area (Å²) in [5.74, 6) is -0.0834. The van der Waals surface area contributed by atoms with Crippen molar-refractivity contribution >= 4 is 16.8 Å². The number of H-pyrrole nitrogens is 1. The summed E-state index contributed by atoms with van der Waals surface area (Å²) in [6.07, 6.45) is 4.54. The molecule has 1 amide bonds. The van der Waals surface area contributed by atoms with Crippen LogP contribution in [0.2, 0.25) is 0 Å². The molecule has 0 aliphatic rings. The van der Waals surface area contributed by atoms with E-state index in [1.807, 2.05) is 56.4 Å². The maximum atomic E-state index is 12.6. The first-order valence-corrected chi connectivity index (χ1v) is 9.36. The van der Waals surface area contributed by atoms with Gasteiger partial charge in [0.05, 0.1) is 11.9 Å². The van der Waals surface area contributed by atoms with Crippen LogP contribution >= 0.6 is 0 Å². The van der Waals surface area contributed by atoms with Gasteiger partial charge < -0.3 is 10.3 Å². The molecular weight excluding hydrogens is 348 g/mol. The van der Waals surface area contributed by atoms with E-state index in [-0.39, 0.29) is 5.91 Å². The average Bonchev–Trinajstić information content (AvgIpc) is 3.13. The quantitative estimate of drug-likeness (QED) is 0.553. The van der Waals surface area contributed by atoms with E-state index in [2.05, 4.69) is 32.6 Å². The molecule has 5 heteroatoms. The summed E-state index contributed by atoms with van der Waals surface area (Å²) in [6.45, 7) is 4.61. The fourth-order valence-electron chi connectivity index (χ4n) is 3.36. The highest BCUT2D eigenvalue weighted by atomic mass is 16.1. The molecule has 0 fully saturated rings. The van der Waals surface area contributed by atoms with Gasteiger partial charge in [-0.1, -0.05) is 30.3 Å². The zero-order valence-corrected chi connectivity index (χ0v) is 16.0. The minimum atomic E-state index is -0.0834.